The maximum Gasteiger partial charge on any atom is 0.291 e. The highest BCUT2D eigenvalue weighted by atomic mass is 32.1. The van der Waals surface area contributed by atoms with Crippen molar-refractivity contribution in [1.82, 2.24) is 30.0 Å². The van der Waals surface area contributed by atoms with Crippen LogP contribution in [0.3, 0.4) is 0 Å². The number of nitrogens with zero attached hydrogens (tertiary/aromatic N) is 5. The summed E-state index contributed by atoms with van der Waals surface area (Å²) in [4.78, 5) is 36.9. The summed E-state index contributed by atoms with van der Waals surface area (Å²) in [5.74, 6) is 0.462. The first kappa shape index (κ1) is 21.0. The van der Waals surface area contributed by atoms with Gasteiger partial charge in [0, 0.05) is 37.1 Å². The molecule has 0 saturated carbocycles. The molecule has 2 amide bonds. The molecule has 4 heterocycles. The summed E-state index contributed by atoms with van der Waals surface area (Å²) < 4.78 is 1.71. The highest BCUT2D eigenvalue weighted by molar-refractivity contribution is 7.13. The quantitative estimate of drug-likeness (QED) is 0.495. The molecule has 5 rings (SSSR count). The van der Waals surface area contributed by atoms with Crippen molar-refractivity contribution < 1.29 is 9.59 Å². The Labute approximate surface area is 194 Å². The number of carbonyl (C=O) groups is 2. The number of pyridine rings is 1. The van der Waals surface area contributed by atoms with Gasteiger partial charge in [0.05, 0.1) is 10.6 Å². The van der Waals surface area contributed by atoms with Gasteiger partial charge in [0.25, 0.3) is 11.8 Å². The molecule has 1 fully saturated rings. The molecule has 1 saturated heterocycles. The highest BCUT2D eigenvalue weighted by Gasteiger charge is 2.27. The molecule has 1 aromatic carbocycles. The number of hydrogen-bond acceptors (Lipinski definition) is 6. The second-order valence-electron chi connectivity index (χ2n) is 7.76. The van der Waals surface area contributed by atoms with Gasteiger partial charge in [0.15, 0.2) is 5.82 Å². The van der Waals surface area contributed by atoms with Crippen molar-refractivity contribution in [2.24, 2.45) is 0 Å². The fourth-order valence-electron chi connectivity index (χ4n) is 3.88. The molecular weight excluding hydrogens is 436 g/mol. The van der Waals surface area contributed by atoms with Crippen molar-refractivity contribution >= 4 is 23.2 Å². The van der Waals surface area contributed by atoms with E-state index in [-0.39, 0.29) is 23.7 Å². The van der Waals surface area contributed by atoms with Gasteiger partial charge in [0.2, 0.25) is 5.82 Å². The second-order valence-corrected chi connectivity index (χ2v) is 8.71. The zero-order chi connectivity index (χ0) is 22.6. The van der Waals surface area contributed by atoms with Crippen LogP contribution >= 0.6 is 11.3 Å². The van der Waals surface area contributed by atoms with E-state index in [0.29, 0.717) is 37.3 Å². The van der Waals surface area contributed by atoms with Crippen LogP contribution in [0.5, 0.6) is 0 Å². The third kappa shape index (κ3) is 4.54. The van der Waals surface area contributed by atoms with Gasteiger partial charge in [0.1, 0.15) is 0 Å². The summed E-state index contributed by atoms with van der Waals surface area (Å²) in [5.41, 5.74) is 1.47. The van der Waals surface area contributed by atoms with Crippen LogP contribution in [0.4, 0.5) is 0 Å². The van der Waals surface area contributed by atoms with Crippen LogP contribution in [0.15, 0.2) is 72.4 Å². The van der Waals surface area contributed by atoms with Crippen molar-refractivity contribution in [3.63, 3.8) is 0 Å². The molecule has 8 nitrogen and oxygen atoms in total. The van der Waals surface area contributed by atoms with Crippen LogP contribution < -0.4 is 5.32 Å². The van der Waals surface area contributed by atoms with E-state index in [4.69, 9.17) is 0 Å². The number of amides is 2. The van der Waals surface area contributed by atoms with Gasteiger partial charge in [-0.3, -0.25) is 14.6 Å². The summed E-state index contributed by atoms with van der Waals surface area (Å²) in [7, 11) is 0. The number of likely N-dealkylation sites (tertiary alicyclic amines) is 1. The largest absolute Gasteiger partial charge is 0.346 e. The number of para-hydroxylation sites is 1. The maximum atomic E-state index is 13.0. The number of nitrogens with one attached hydrogen (secondary N) is 1. The lowest BCUT2D eigenvalue weighted by Gasteiger charge is -2.32. The Kier molecular flexibility index (Phi) is 5.95. The molecule has 4 aromatic rings. The van der Waals surface area contributed by atoms with E-state index < -0.39 is 0 Å². The summed E-state index contributed by atoms with van der Waals surface area (Å²) in [5, 5.41) is 9.54. The van der Waals surface area contributed by atoms with E-state index in [0.717, 1.165) is 10.6 Å². The molecule has 166 valence electrons. The molecule has 0 radical (unpaired) electrons. The van der Waals surface area contributed by atoms with Crippen molar-refractivity contribution in [2.45, 2.75) is 18.9 Å². The highest BCUT2D eigenvalue weighted by Crippen LogP contribution is 2.25. The monoisotopic (exact) mass is 458 g/mol. The molecule has 1 aliphatic heterocycles. The zero-order valence-corrected chi connectivity index (χ0v) is 18.6. The Morgan fingerprint density at radius 3 is 2.42 bits per heavy atom. The first-order valence-corrected chi connectivity index (χ1v) is 11.6. The molecule has 0 bridgehead atoms. The summed E-state index contributed by atoms with van der Waals surface area (Å²) >= 11 is 1.55. The number of aromatic nitrogens is 4. The summed E-state index contributed by atoms with van der Waals surface area (Å²) in [6.45, 7) is 1.16. The Morgan fingerprint density at radius 1 is 0.970 bits per heavy atom. The fourth-order valence-corrected chi connectivity index (χ4v) is 4.58. The molecule has 0 spiro atoms. The van der Waals surface area contributed by atoms with Crippen LogP contribution in [-0.2, 0) is 0 Å². The van der Waals surface area contributed by atoms with Crippen LogP contribution in [-0.4, -0.2) is 55.6 Å². The van der Waals surface area contributed by atoms with Crippen molar-refractivity contribution in [3.05, 3.63) is 83.8 Å². The van der Waals surface area contributed by atoms with Gasteiger partial charge in [-0.15, -0.1) is 16.4 Å². The summed E-state index contributed by atoms with van der Waals surface area (Å²) in [6.07, 6.45) is 4.60. The lowest BCUT2D eigenvalue weighted by molar-refractivity contribution is 0.0697. The predicted molar refractivity (Wildman–Crippen MR) is 125 cm³/mol. The number of thiophene rings is 1. The van der Waals surface area contributed by atoms with E-state index in [1.807, 2.05) is 52.7 Å². The number of rotatable bonds is 5. The first-order valence-electron chi connectivity index (χ1n) is 10.8. The van der Waals surface area contributed by atoms with Crippen LogP contribution in [0.1, 0.15) is 33.8 Å². The summed E-state index contributed by atoms with van der Waals surface area (Å²) in [6, 6.07) is 17.0. The molecule has 33 heavy (non-hydrogen) atoms. The van der Waals surface area contributed by atoms with Gasteiger partial charge in [-0.1, -0.05) is 24.3 Å². The first-order chi connectivity index (χ1) is 16.2. The van der Waals surface area contributed by atoms with Crippen molar-refractivity contribution in [3.8, 4) is 16.4 Å². The maximum absolute atomic E-state index is 13.0. The van der Waals surface area contributed by atoms with E-state index in [2.05, 4.69) is 20.4 Å². The average molecular weight is 459 g/mol. The standard InChI is InChI=1S/C24H22N6O2S/c31-23(26-18-10-14-29(15-11-18)24(32)17-8-12-25-13-9-17)21-27-22(20-7-4-16-33-20)30(28-21)19-5-2-1-3-6-19/h1-9,12-13,16,18H,10-11,14-15H2,(H,26,31). The normalized spacial score (nSPS) is 14.2. The molecule has 1 aliphatic rings. The van der Waals surface area contributed by atoms with Gasteiger partial charge in [-0.2, -0.15) is 0 Å². The lowest BCUT2D eigenvalue weighted by atomic mass is 10.0. The second kappa shape index (κ2) is 9.33. The third-order valence-electron chi connectivity index (χ3n) is 5.60. The number of hydrogen-bond donors (Lipinski definition) is 1. The minimum absolute atomic E-state index is 0.00830. The minimum atomic E-state index is -0.304. The van der Waals surface area contributed by atoms with E-state index >= 15 is 0 Å². The number of piperidine rings is 1. The Hall–Kier alpha value is -3.85. The molecular formula is C24H22N6O2S. The molecule has 0 aliphatic carbocycles. The average Bonchev–Trinajstić information content (AvgIpc) is 3.55. The van der Waals surface area contributed by atoms with Crippen LogP contribution in [0.25, 0.3) is 16.4 Å². The van der Waals surface area contributed by atoms with E-state index in [9.17, 15) is 9.59 Å². The van der Waals surface area contributed by atoms with Gasteiger partial charge in [-0.05, 0) is 48.6 Å². The minimum Gasteiger partial charge on any atom is -0.346 e. The van der Waals surface area contributed by atoms with Crippen LogP contribution in [0.2, 0.25) is 0 Å². The fraction of sp³-hybridized carbons (Fsp3) is 0.208. The smallest absolute Gasteiger partial charge is 0.291 e. The number of benzene rings is 1. The zero-order valence-electron chi connectivity index (χ0n) is 17.8. The Balaban J connectivity index is 1.28. The van der Waals surface area contributed by atoms with Crippen molar-refractivity contribution in [2.75, 3.05) is 13.1 Å². The van der Waals surface area contributed by atoms with Gasteiger partial charge in [-0.25, -0.2) is 9.67 Å². The van der Waals surface area contributed by atoms with E-state index in [1.165, 1.54) is 0 Å². The third-order valence-corrected chi connectivity index (χ3v) is 6.46. The van der Waals surface area contributed by atoms with Crippen LogP contribution in [0, 0.1) is 0 Å². The predicted octanol–water partition coefficient (Wildman–Crippen LogP) is 3.43. The van der Waals surface area contributed by atoms with Crippen molar-refractivity contribution in [1.29, 1.82) is 0 Å². The molecule has 1 N–H and O–H groups in total. The molecule has 3 aromatic heterocycles. The molecule has 0 unspecified atom stereocenters. The molecule has 0 atom stereocenters. The topological polar surface area (TPSA) is 93.0 Å². The van der Waals surface area contributed by atoms with Gasteiger partial charge >= 0.3 is 0 Å². The molecule has 9 heteroatoms. The SMILES string of the molecule is O=C(NC1CCN(C(=O)c2ccncc2)CC1)c1nc(-c2cccs2)n(-c2ccccc2)n1. The Morgan fingerprint density at radius 2 is 1.73 bits per heavy atom. The van der Waals surface area contributed by atoms with Gasteiger partial charge < -0.3 is 10.2 Å². The number of carbonyl (C=O) groups excluding carboxylic acids is 2. The van der Waals surface area contributed by atoms with E-state index in [1.54, 1.807) is 40.5 Å². The lowest BCUT2D eigenvalue weighted by Crippen LogP contribution is -2.46. The Bertz CT molecular complexity index is 1230.